The Labute approximate surface area is 176 Å². The molecule has 1 atom stereocenters. The van der Waals surface area contributed by atoms with E-state index < -0.39 is 0 Å². The van der Waals surface area contributed by atoms with Crippen LogP contribution in [0.1, 0.15) is 46.6 Å². The summed E-state index contributed by atoms with van der Waals surface area (Å²) in [7, 11) is 0. The predicted octanol–water partition coefficient (Wildman–Crippen LogP) is 4.12. The normalized spacial score (nSPS) is 16.3. The first-order valence-electron chi connectivity index (χ1n) is 10.5. The molecule has 3 aromatic rings. The van der Waals surface area contributed by atoms with Crippen LogP contribution < -0.4 is 0 Å². The van der Waals surface area contributed by atoms with Crippen molar-refractivity contribution < 1.29 is 19.1 Å². The number of para-hydroxylation sites is 1. The molecule has 0 saturated carbocycles. The Bertz CT molecular complexity index is 1060. The highest BCUT2D eigenvalue weighted by Crippen LogP contribution is 2.21. The summed E-state index contributed by atoms with van der Waals surface area (Å²) in [5, 5.41) is 1.11. The van der Waals surface area contributed by atoms with Crippen LogP contribution in [-0.4, -0.2) is 40.6 Å². The van der Waals surface area contributed by atoms with E-state index in [1.807, 2.05) is 50.4 Å². The fourth-order valence-electron chi connectivity index (χ4n) is 4.23. The molecule has 0 amide bonds. The number of aromatic nitrogens is 2. The smallest absolute Gasteiger partial charge is 0.306 e. The molecule has 1 aromatic carbocycles. The average Bonchev–Trinajstić information content (AvgIpc) is 3.47. The summed E-state index contributed by atoms with van der Waals surface area (Å²) in [6.45, 7) is 5.27. The Morgan fingerprint density at radius 1 is 1.27 bits per heavy atom. The standard InChI is InChI=1S/C24H28N2O4/c1-16-12-21(17(2)26(16)14-19-6-5-11-29-19)23(27)15-30-24(28)10-9-18-13-25-22-8-4-3-7-20(18)22/h3-4,7-8,12-13,19,25H,5-6,9-11,14-15H2,1-2H3/t19-/m0/s1. The van der Waals surface area contributed by atoms with Crippen LogP contribution in [0.2, 0.25) is 0 Å². The molecule has 0 bridgehead atoms. The van der Waals surface area contributed by atoms with Crippen molar-refractivity contribution in [1.82, 2.24) is 9.55 Å². The first kappa shape index (κ1) is 20.4. The largest absolute Gasteiger partial charge is 0.457 e. The molecular formula is C24H28N2O4. The van der Waals surface area contributed by atoms with Crippen LogP contribution in [0.4, 0.5) is 0 Å². The van der Waals surface area contributed by atoms with E-state index in [2.05, 4.69) is 9.55 Å². The van der Waals surface area contributed by atoms with Gasteiger partial charge in [-0.1, -0.05) is 18.2 Å². The lowest BCUT2D eigenvalue weighted by atomic mass is 10.1. The van der Waals surface area contributed by atoms with Gasteiger partial charge in [0.15, 0.2) is 6.61 Å². The van der Waals surface area contributed by atoms with Crippen molar-refractivity contribution in [3.8, 4) is 0 Å². The van der Waals surface area contributed by atoms with E-state index >= 15 is 0 Å². The van der Waals surface area contributed by atoms with Crippen LogP contribution in [0, 0.1) is 13.8 Å². The Morgan fingerprint density at radius 2 is 2.10 bits per heavy atom. The molecule has 0 unspecified atom stereocenters. The molecule has 2 aromatic heterocycles. The van der Waals surface area contributed by atoms with E-state index in [1.165, 1.54) is 0 Å². The topological polar surface area (TPSA) is 73.3 Å². The van der Waals surface area contributed by atoms with Crippen molar-refractivity contribution >= 4 is 22.7 Å². The van der Waals surface area contributed by atoms with Gasteiger partial charge in [0.05, 0.1) is 6.10 Å². The second kappa shape index (κ2) is 8.88. The van der Waals surface area contributed by atoms with Crippen molar-refractivity contribution in [3.05, 3.63) is 59.0 Å². The maximum absolute atomic E-state index is 12.7. The highest BCUT2D eigenvalue weighted by atomic mass is 16.5. The Kier molecular flexibility index (Phi) is 6.04. The zero-order valence-corrected chi connectivity index (χ0v) is 17.6. The predicted molar refractivity (Wildman–Crippen MR) is 115 cm³/mol. The molecular weight excluding hydrogens is 380 g/mol. The third kappa shape index (κ3) is 4.33. The van der Waals surface area contributed by atoms with Gasteiger partial charge in [0.25, 0.3) is 0 Å². The minimum absolute atomic E-state index is 0.165. The SMILES string of the molecule is Cc1cc(C(=O)COC(=O)CCc2c[nH]c3ccccc23)c(C)n1C[C@@H]1CCCO1. The van der Waals surface area contributed by atoms with Gasteiger partial charge in [-0.15, -0.1) is 0 Å². The van der Waals surface area contributed by atoms with Crippen molar-refractivity contribution in [2.45, 2.75) is 52.2 Å². The summed E-state index contributed by atoms with van der Waals surface area (Å²) in [5.41, 5.74) is 4.68. The van der Waals surface area contributed by atoms with Gasteiger partial charge < -0.3 is 19.0 Å². The van der Waals surface area contributed by atoms with Gasteiger partial charge in [0.2, 0.25) is 5.78 Å². The van der Waals surface area contributed by atoms with Gasteiger partial charge in [-0.2, -0.15) is 0 Å². The van der Waals surface area contributed by atoms with E-state index in [-0.39, 0.29) is 30.9 Å². The summed E-state index contributed by atoms with van der Waals surface area (Å²) in [6, 6.07) is 9.87. The van der Waals surface area contributed by atoms with E-state index in [0.717, 1.165) is 53.8 Å². The van der Waals surface area contributed by atoms with Gasteiger partial charge in [-0.25, -0.2) is 0 Å². The molecule has 4 rings (SSSR count). The van der Waals surface area contributed by atoms with Gasteiger partial charge in [-0.3, -0.25) is 9.59 Å². The van der Waals surface area contributed by atoms with Crippen LogP contribution in [-0.2, 0) is 27.2 Å². The van der Waals surface area contributed by atoms with Crippen molar-refractivity contribution in [2.24, 2.45) is 0 Å². The van der Waals surface area contributed by atoms with Gasteiger partial charge in [0.1, 0.15) is 0 Å². The third-order valence-corrected chi connectivity index (χ3v) is 5.92. The molecule has 1 aliphatic rings. The van der Waals surface area contributed by atoms with E-state index in [1.54, 1.807) is 0 Å². The number of H-pyrrole nitrogens is 1. The molecule has 30 heavy (non-hydrogen) atoms. The summed E-state index contributed by atoms with van der Waals surface area (Å²) in [6.07, 6.45) is 5.09. The first-order valence-corrected chi connectivity index (χ1v) is 10.5. The van der Waals surface area contributed by atoms with E-state index in [9.17, 15) is 9.59 Å². The Hall–Kier alpha value is -2.86. The number of rotatable bonds is 8. The summed E-state index contributed by atoms with van der Waals surface area (Å²) in [4.78, 5) is 28.1. The molecule has 6 heteroatoms. The zero-order chi connectivity index (χ0) is 21.1. The number of ketones is 1. The average molecular weight is 408 g/mol. The number of aromatic amines is 1. The number of carbonyl (C=O) groups is 2. The molecule has 3 heterocycles. The van der Waals surface area contributed by atoms with Crippen LogP contribution in [0.15, 0.2) is 36.5 Å². The quantitative estimate of drug-likeness (QED) is 0.449. The van der Waals surface area contributed by atoms with Crippen LogP contribution in [0.25, 0.3) is 10.9 Å². The number of ether oxygens (including phenoxy) is 2. The molecule has 1 aliphatic heterocycles. The number of Topliss-reactive ketones (excluding diaryl/α,β-unsaturated/α-hetero) is 1. The second-order valence-corrected chi connectivity index (χ2v) is 7.97. The minimum Gasteiger partial charge on any atom is -0.457 e. The van der Waals surface area contributed by atoms with Crippen molar-refractivity contribution in [1.29, 1.82) is 0 Å². The molecule has 1 fully saturated rings. The highest BCUT2D eigenvalue weighted by Gasteiger charge is 2.21. The van der Waals surface area contributed by atoms with Gasteiger partial charge >= 0.3 is 5.97 Å². The minimum atomic E-state index is -0.359. The lowest BCUT2D eigenvalue weighted by Crippen LogP contribution is -2.18. The Balaban J connectivity index is 1.31. The maximum atomic E-state index is 12.7. The van der Waals surface area contributed by atoms with Crippen LogP contribution in [0.3, 0.4) is 0 Å². The Morgan fingerprint density at radius 3 is 2.90 bits per heavy atom. The van der Waals surface area contributed by atoms with Gasteiger partial charge in [0, 0.05) is 53.6 Å². The number of fused-ring (bicyclic) bond motifs is 1. The van der Waals surface area contributed by atoms with Crippen molar-refractivity contribution in [2.75, 3.05) is 13.2 Å². The summed E-state index contributed by atoms with van der Waals surface area (Å²) < 4.78 is 13.1. The first-order chi connectivity index (χ1) is 14.5. The zero-order valence-electron chi connectivity index (χ0n) is 17.6. The lowest BCUT2D eigenvalue weighted by molar-refractivity contribution is -0.142. The van der Waals surface area contributed by atoms with Crippen molar-refractivity contribution in [3.63, 3.8) is 0 Å². The molecule has 158 valence electrons. The van der Waals surface area contributed by atoms with Gasteiger partial charge in [-0.05, 0) is 50.8 Å². The fraction of sp³-hybridized carbons (Fsp3) is 0.417. The number of esters is 1. The van der Waals surface area contributed by atoms with E-state index in [0.29, 0.717) is 12.0 Å². The number of aryl methyl sites for hydroxylation is 2. The maximum Gasteiger partial charge on any atom is 0.306 e. The highest BCUT2D eigenvalue weighted by molar-refractivity contribution is 5.99. The molecule has 0 aliphatic carbocycles. The molecule has 1 N–H and O–H groups in total. The number of hydrogen-bond donors (Lipinski definition) is 1. The molecule has 0 spiro atoms. The number of benzene rings is 1. The number of hydrogen-bond acceptors (Lipinski definition) is 4. The summed E-state index contributed by atoms with van der Waals surface area (Å²) >= 11 is 0. The number of nitrogens with one attached hydrogen (secondary N) is 1. The molecule has 0 radical (unpaired) electrons. The monoisotopic (exact) mass is 408 g/mol. The van der Waals surface area contributed by atoms with Crippen LogP contribution in [0.5, 0.6) is 0 Å². The molecule has 1 saturated heterocycles. The second-order valence-electron chi connectivity index (χ2n) is 7.97. The molecule has 6 nitrogen and oxygen atoms in total. The number of nitrogens with zero attached hydrogens (tertiary/aromatic N) is 1. The summed E-state index contributed by atoms with van der Waals surface area (Å²) in [5.74, 6) is -0.524. The number of carbonyl (C=O) groups excluding carboxylic acids is 2. The fourth-order valence-corrected chi connectivity index (χ4v) is 4.23. The third-order valence-electron chi connectivity index (χ3n) is 5.92. The van der Waals surface area contributed by atoms with E-state index in [4.69, 9.17) is 9.47 Å². The van der Waals surface area contributed by atoms with Crippen LogP contribution >= 0.6 is 0 Å². The lowest BCUT2D eigenvalue weighted by Gasteiger charge is -2.14.